The summed E-state index contributed by atoms with van der Waals surface area (Å²) in [6.45, 7) is 13.4. The molecule has 34 heavy (non-hydrogen) atoms. The summed E-state index contributed by atoms with van der Waals surface area (Å²) in [5.74, 6) is 1.63. The number of fused-ring (bicyclic) bond motifs is 1. The summed E-state index contributed by atoms with van der Waals surface area (Å²) in [5.41, 5.74) is 2.15. The molecule has 1 aliphatic carbocycles. The smallest absolute Gasteiger partial charge is 0.224 e. The molecule has 1 aliphatic heterocycles. The zero-order valence-corrected chi connectivity index (χ0v) is 22.1. The number of hydrogen-bond donors (Lipinski definition) is 2. The van der Waals surface area contributed by atoms with E-state index in [4.69, 9.17) is 14.7 Å². The molecular formula is C27H43N5O2. The van der Waals surface area contributed by atoms with Crippen molar-refractivity contribution >= 4 is 16.9 Å². The molecule has 2 fully saturated rings. The van der Waals surface area contributed by atoms with Gasteiger partial charge in [0.2, 0.25) is 11.8 Å². The first kappa shape index (κ1) is 25.1. The standard InChI is InChI=1S/C27H43N5O2/c1-8-17(2)30-25-29-16-22-23(31-25)21(18-9-11-19(33)12-10-18)15-28-24(22)34-20-13-26(3,4)32(7)27(5,6)14-20/h15-20,33H,8-14H2,1-7H3,(H,29,30,31)/t17-,18?,19?/m1/s1. The van der Waals surface area contributed by atoms with Gasteiger partial charge in [-0.05, 0) is 79.7 Å². The highest BCUT2D eigenvalue weighted by Gasteiger charge is 2.44. The van der Waals surface area contributed by atoms with Gasteiger partial charge in [-0.2, -0.15) is 0 Å². The lowest BCUT2D eigenvalue weighted by molar-refractivity contribution is -0.0563. The van der Waals surface area contributed by atoms with Crippen LogP contribution in [-0.2, 0) is 0 Å². The number of piperidine rings is 1. The van der Waals surface area contributed by atoms with Crippen LogP contribution >= 0.6 is 0 Å². The molecule has 1 saturated carbocycles. The molecule has 7 heteroatoms. The second kappa shape index (κ2) is 9.57. The van der Waals surface area contributed by atoms with Crippen molar-refractivity contribution in [2.45, 2.75) is 122 Å². The van der Waals surface area contributed by atoms with Gasteiger partial charge in [0.15, 0.2) is 0 Å². The van der Waals surface area contributed by atoms with Gasteiger partial charge in [-0.15, -0.1) is 0 Å². The van der Waals surface area contributed by atoms with Crippen LogP contribution in [0.4, 0.5) is 5.95 Å². The Morgan fingerprint density at radius 3 is 2.35 bits per heavy atom. The van der Waals surface area contributed by atoms with Crippen LogP contribution in [-0.4, -0.2) is 61.3 Å². The molecule has 0 aromatic carbocycles. The normalized spacial score (nSPS) is 26.4. The molecule has 4 rings (SSSR count). The van der Waals surface area contributed by atoms with Crippen molar-refractivity contribution in [3.05, 3.63) is 18.0 Å². The third-order valence-electron chi connectivity index (χ3n) is 8.29. The third-order valence-corrected chi connectivity index (χ3v) is 8.29. The molecule has 0 unspecified atom stereocenters. The summed E-state index contributed by atoms with van der Waals surface area (Å²) in [5, 5.41) is 14.3. The number of nitrogens with one attached hydrogen (secondary N) is 1. The van der Waals surface area contributed by atoms with E-state index in [1.165, 1.54) is 0 Å². The van der Waals surface area contributed by atoms with Gasteiger partial charge in [0.25, 0.3) is 0 Å². The van der Waals surface area contributed by atoms with Gasteiger partial charge in [0.05, 0.1) is 17.0 Å². The van der Waals surface area contributed by atoms with Gasteiger partial charge in [0, 0.05) is 47.9 Å². The van der Waals surface area contributed by atoms with E-state index in [0.717, 1.165) is 61.4 Å². The van der Waals surface area contributed by atoms with Crippen LogP contribution in [0.3, 0.4) is 0 Å². The molecule has 1 atom stereocenters. The number of pyridine rings is 1. The first-order valence-electron chi connectivity index (χ1n) is 13.0. The fourth-order valence-electron chi connectivity index (χ4n) is 5.71. The zero-order valence-electron chi connectivity index (χ0n) is 22.1. The van der Waals surface area contributed by atoms with Crippen molar-refractivity contribution in [2.24, 2.45) is 0 Å². The van der Waals surface area contributed by atoms with Crippen LogP contribution in [0.15, 0.2) is 12.4 Å². The fraction of sp³-hybridized carbons (Fsp3) is 0.741. The minimum absolute atomic E-state index is 0.0367. The number of hydrogen-bond acceptors (Lipinski definition) is 7. The number of rotatable bonds is 6. The second-order valence-electron chi connectivity index (χ2n) is 11.8. The second-order valence-corrected chi connectivity index (χ2v) is 11.8. The van der Waals surface area contributed by atoms with Crippen LogP contribution in [0.1, 0.15) is 98.0 Å². The highest BCUT2D eigenvalue weighted by Crippen LogP contribution is 2.41. The molecule has 0 bridgehead atoms. The Kier molecular flexibility index (Phi) is 7.07. The average Bonchev–Trinajstić information content (AvgIpc) is 2.78. The van der Waals surface area contributed by atoms with Crippen molar-refractivity contribution in [2.75, 3.05) is 12.4 Å². The number of anilines is 1. The van der Waals surface area contributed by atoms with Crippen LogP contribution in [0.2, 0.25) is 0 Å². The number of aliphatic hydroxyl groups is 1. The largest absolute Gasteiger partial charge is 0.474 e. The summed E-state index contributed by atoms with van der Waals surface area (Å²) in [4.78, 5) is 16.9. The molecule has 7 nitrogen and oxygen atoms in total. The van der Waals surface area contributed by atoms with Crippen molar-refractivity contribution < 1.29 is 9.84 Å². The summed E-state index contributed by atoms with van der Waals surface area (Å²) >= 11 is 0. The summed E-state index contributed by atoms with van der Waals surface area (Å²) < 4.78 is 6.61. The van der Waals surface area contributed by atoms with Crippen molar-refractivity contribution in [1.82, 2.24) is 19.9 Å². The van der Waals surface area contributed by atoms with Gasteiger partial charge in [-0.25, -0.2) is 15.0 Å². The van der Waals surface area contributed by atoms with Gasteiger partial charge in [0.1, 0.15) is 6.10 Å². The first-order valence-corrected chi connectivity index (χ1v) is 13.0. The van der Waals surface area contributed by atoms with E-state index >= 15 is 0 Å². The zero-order chi connectivity index (χ0) is 24.7. The topological polar surface area (TPSA) is 83.4 Å². The Hall–Kier alpha value is -1.99. The van der Waals surface area contributed by atoms with E-state index in [1.54, 1.807) is 0 Å². The number of likely N-dealkylation sites (tertiary alicyclic amines) is 1. The van der Waals surface area contributed by atoms with E-state index in [-0.39, 0.29) is 23.3 Å². The van der Waals surface area contributed by atoms with Gasteiger partial charge >= 0.3 is 0 Å². The number of ether oxygens (including phenoxy) is 1. The monoisotopic (exact) mass is 469 g/mol. The average molecular weight is 470 g/mol. The lowest BCUT2D eigenvalue weighted by Crippen LogP contribution is -2.60. The molecule has 2 aromatic rings. The van der Waals surface area contributed by atoms with Gasteiger partial charge in [-0.1, -0.05) is 6.92 Å². The van der Waals surface area contributed by atoms with E-state index in [1.807, 2.05) is 12.4 Å². The lowest BCUT2D eigenvalue weighted by atomic mass is 9.79. The first-order chi connectivity index (χ1) is 16.0. The summed E-state index contributed by atoms with van der Waals surface area (Å²) in [6.07, 6.45) is 10.2. The third kappa shape index (κ3) is 5.15. The maximum atomic E-state index is 10.0. The number of nitrogens with zero attached hydrogens (tertiary/aromatic N) is 4. The van der Waals surface area contributed by atoms with Crippen molar-refractivity contribution in [3.63, 3.8) is 0 Å². The minimum atomic E-state index is -0.188. The summed E-state index contributed by atoms with van der Waals surface area (Å²) in [6, 6.07) is 0.298. The van der Waals surface area contributed by atoms with Crippen LogP contribution in [0.5, 0.6) is 5.88 Å². The van der Waals surface area contributed by atoms with Crippen molar-refractivity contribution in [1.29, 1.82) is 0 Å². The highest BCUT2D eigenvalue weighted by atomic mass is 16.5. The fourth-order valence-corrected chi connectivity index (χ4v) is 5.71. The molecule has 2 N–H and O–H groups in total. The Bertz CT molecular complexity index is 982. The van der Waals surface area contributed by atoms with Crippen LogP contribution in [0, 0.1) is 0 Å². The Morgan fingerprint density at radius 2 is 1.74 bits per heavy atom. The Labute approximate surface area is 204 Å². The molecule has 0 radical (unpaired) electrons. The highest BCUT2D eigenvalue weighted by molar-refractivity contribution is 5.86. The lowest BCUT2D eigenvalue weighted by Gasteiger charge is -2.53. The maximum absolute atomic E-state index is 10.0. The summed E-state index contributed by atoms with van der Waals surface area (Å²) in [7, 11) is 2.21. The predicted octanol–water partition coefficient (Wildman–Crippen LogP) is 5.28. The van der Waals surface area contributed by atoms with Crippen molar-refractivity contribution in [3.8, 4) is 5.88 Å². The quantitative estimate of drug-likeness (QED) is 0.595. The Balaban J connectivity index is 1.69. The van der Waals surface area contributed by atoms with Crippen LogP contribution < -0.4 is 10.1 Å². The molecule has 188 valence electrons. The molecule has 1 saturated heterocycles. The van der Waals surface area contributed by atoms with Gasteiger partial charge < -0.3 is 15.2 Å². The molecule has 2 aromatic heterocycles. The molecule has 2 aliphatic rings. The van der Waals surface area contributed by atoms with Crippen LogP contribution in [0.25, 0.3) is 10.9 Å². The predicted molar refractivity (Wildman–Crippen MR) is 137 cm³/mol. The Morgan fingerprint density at radius 1 is 1.09 bits per heavy atom. The molecule has 0 amide bonds. The van der Waals surface area contributed by atoms with E-state index in [9.17, 15) is 5.11 Å². The van der Waals surface area contributed by atoms with E-state index in [2.05, 4.69) is 63.8 Å². The maximum Gasteiger partial charge on any atom is 0.224 e. The minimum Gasteiger partial charge on any atom is -0.474 e. The number of aliphatic hydroxyl groups excluding tert-OH is 1. The number of aromatic nitrogens is 3. The van der Waals surface area contributed by atoms with E-state index < -0.39 is 0 Å². The molecular weight excluding hydrogens is 426 g/mol. The molecule has 0 spiro atoms. The molecule has 3 heterocycles. The van der Waals surface area contributed by atoms with E-state index in [0.29, 0.717) is 23.8 Å². The SMILES string of the molecule is CC[C@@H](C)Nc1ncc2c(OC3CC(C)(C)N(C)C(C)(C)C3)ncc(C3CCC(O)CC3)c2n1. The van der Waals surface area contributed by atoms with Gasteiger partial charge in [-0.3, -0.25) is 4.90 Å².